The molecule has 0 aliphatic rings. The fourth-order valence-corrected chi connectivity index (χ4v) is 4.28. The van der Waals surface area contributed by atoms with Gasteiger partial charge in [0.1, 0.15) is 11.4 Å². The van der Waals surface area contributed by atoms with Gasteiger partial charge in [-0.1, -0.05) is 53.0 Å². The molecule has 0 saturated heterocycles. The molecule has 2 aromatic carbocycles. The zero-order valence-corrected chi connectivity index (χ0v) is 18.6. The summed E-state index contributed by atoms with van der Waals surface area (Å²) in [6.07, 6.45) is -1.11. The van der Waals surface area contributed by atoms with Crippen LogP contribution in [0.4, 0.5) is 5.69 Å². The standard InChI is InChI=1S/C20H15Cl3N2O4S/c1-10(19(27)25-14-8-11(21)6-7-13(14)22)29-16(26)9-24-20(28)18-17(23)12-4-2-3-5-15(12)30-18/h2-8,10H,9H2,1H3,(H,24,28)(H,25,27). The third-order valence-electron chi connectivity index (χ3n) is 4.00. The third kappa shape index (κ3) is 5.23. The van der Waals surface area contributed by atoms with Crippen molar-refractivity contribution < 1.29 is 19.1 Å². The van der Waals surface area contributed by atoms with E-state index in [4.69, 9.17) is 39.5 Å². The second-order valence-electron chi connectivity index (χ2n) is 6.17. The van der Waals surface area contributed by atoms with Crippen LogP contribution in [-0.4, -0.2) is 30.4 Å². The summed E-state index contributed by atoms with van der Waals surface area (Å²) in [5.74, 6) is -1.87. The maximum absolute atomic E-state index is 12.4. The van der Waals surface area contributed by atoms with Gasteiger partial charge < -0.3 is 15.4 Å². The van der Waals surface area contributed by atoms with Gasteiger partial charge in [0.2, 0.25) is 0 Å². The highest BCUT2D eigenvalue weighted by atomic mass is 35.5. The second kappa shape index (κ2) is 9.66. The highest BCUT2D eigenvalue weighted by molar-refractivity contribution is 7.21. The molecule has 0 bridgehead atoms. The topological polar surface area (TPSA) is 84.5 Å². The normalized spacial score (nSPS) is 11.7. The Balaban J connectivity index is 1.54. The Labute approximate surface area is 191 Å². The summed E-state index contributed by atoms with van der Waals surface area (Å²) in [6, 6.07) is 11.9. The molecule has 30 heavy (non-hydrogen) atoms. The van der Waals surface area contributed by atoms with Crippen LogP contribution in [0.1, 0.15) is 16.6 Å². The Hall–Kier alpha value is -2.32. The number of carbonyl (C=O) groups excluding carboxylic acids is 3. The number of carbonyl (C=O) groups is 3. The molecule has 3 rings (SSSR count). The van der Waals surface area contributed by atoms with Gasteiger partial charge in [0, 0.05) is 15.1 Å². The lowest BCUT2D eigenvalue weighted by Crippen LogP contribution is -2.35. The van der Waals surface area contributed by atoms with E-state index in [1.54, 1.807) is 6.07 Å². The Morgan fingerprint density at radius 1 is 1.10 bits per heavy atom. The van der Waals surface area contributed by atoms with E-state index in [9.17, 15) is 14.4 Å². The number of nitrogens with one attached hydrogen (secondary N) is 2. The molecule has 10 heteroatoms. The minimum atomic E-state index is -1.11. The quantitative estimate of drug-likeness (QED) is 0.472. The highest BCUT2D eigenvalue weighted by Crippen LogP contribution is 2.34. The molecule has 0 fully saturated rings. The van der Waals surface area contributed by atoms with Gasteiger partial charge in [-0.15, -0.1) is 11.3 Å². The van der Waals surface area contributed by atoms with E-state index in [1.165, 1.54) is 30.4 Å². The van der Waals surface area contributed by atoms with Gasteiger partial charge >= 0.3 is 5.97 Å². The van der Waals surface area contributed by atoms with E-state index in [1.807, 2.05) is 24.3 Å². The van der Waals surface area contributed by atoms with E-state index in [0.29, 0.717) is 25.6 Å². The second-order valence-corrected chi connectivity index (χ2v) is 8.44. The Morgan fingerprint density at radius 2 is 1.83 bits per heavy atom. The van der Waals surface area contributed by atoms with Gasteiger partial charge in [-0.25, -0.2) is 0 Å². The van der Waals surface area contributed by atoms with Crippen LogP contribution in [-0.2, 0) is 14.3 Å². The first-order chi connectivity index (χ1) is 14.3. The van der Waals surface area contributed by atoms with Crippen LogP contribution >= 0.6 is 46.1 Å². The summed E-state index contributed by atoms with van der Waals surface area (Å²) in [7, 11) is 0. The highest BCUT2D eigenvalue weighted by Gasteiger charge is 2.21. The molecule has 6 nitrogen and oxygen atoms in total. The van der Waals surface area contributed by atoms with Crippen molar-refractivity contribution in [3.8, 4) is 0 Å². The van der Waals surface area contributed by atoms with Crippen molar-refractivity contribution in [3.63, 3.8) is 0 Å². The first-order valence-electron chi connectivity index (χ1n) is 8.67. The van der Waals surface area contributed by atoms with Gasteiger partial charge in [0.15, 0.2) is 6.10 Å². The summed E-state index contributed by atoms with van der Waals surface area (Å²) >= 11 is 19.4. The SMILES string of the molecule is CC(OC(=O)CNC(=O)c1sc2ccccc2c1Cl)C(=O)Nc1cc(Cl)ccc1Cl. The zero-order valence-electron chi connectivity index (χ0n) is 15.5. The van der Waals surface area contributed by atoms with Crippen molar-refractivity contribution in [1.29, 1.82) is 0 Å². The molecular weight excluding hydrogens is 471 g/mol. The number of anilines is 1. The Morgan fingerprint density at radius 3 is 2.57 bits per heavy atom. The molecule has 0 aliphatic heterocycles. The number of ether oxygens (including phenoxy) is 1. The van der Waals surface area contributed by atoms with Crippen LogP contribution in [0.5, 0.6) is 0 Å². The maximum Gasteiger partial charge on any atom is 0.326 e. The van der Waals surface area contributed by atoms with Crippen molar-refractivity contribution in [2.24, 2.45) is 0 Å². The first-order valence-corrected chi connectivity index (χ1v) is 10.6. The molecule has 1 aromatic heterocycles. The van der Waals surface area contributed by atoms with Crippen molar-refractivity contribution >= 4 is 79.7 Å². The van der Waals surface area contributed by atoms with Gasteiger partial charge in [-0.3, -0.25) is 14.4 Å². The molecule has 0 saturated carbocycles. The number of fused-ring (bicyclic) bond motifs is 1. The molecule has 0 radical (unpaired) electrons. The summed E-state index contributed by atoms with van der Waals surface area (Å²) < 4.78 is 5.92. The number of thiophene rings is 1. The molecule has 1 unspecified atom stereocenters. The molecule has 0 spiro atoms. The number of hydrogen-bond donors (Lipinski definition) is 2. The molecular formula is C20H15Cl3N2O4S. The summed E-state index contributed by atoms with van der Waals surface area (Å²) in [4.78, 5) is 36.9. The van der Waals surface area contributed by atoms with Crippen LogP contribution in [0, 0.1) is 0 Å². The molecule has 3 aromatic rings. The van der Waals surface area contributed by atoms with Crippen molar-refractivity contribution in [2.45, 2.75) is 13.0 Å². The van der Waals surface area contributed by atoms with Crippen molar-refractivity contribution in [2.75, 3.05) is 11.9 Å². The van der Waals surface area contributed by atoms with E-state index >= 15 is 0 Å². The zero-order chi connectivity index (χ0) is 21.8. The number of rotatable bonds is 6. The summed E-state index contributed by atoms with van der Waals surface area (Å²) in [5.41, 5.74) is 0.296. The van der Waals surface area contributed by atoms with Gasteiger partial charge in [-0.2, -0.15) is 0 Å². The minimum Gasteiger partial charge on any atom is -0.451 e. The molecule has 156 valence electrons. The van der Waals surface area contributed by atoms with Gasteiger partial charge in [-0.05, 0) is 31.2 Å². The molecule has 1 atom stereocenters. The minimum absolute atomic E-state index is 0.291. The number of halogens is 3. The van der Waals surface area contributed by atoms with Gasteiger partial charge in [0.25, 0.3) is 11.8 Å². The predicted octanol–water partition coefficient (Wildman–Crippen LogP) is 5.16. The lowest BCUT2D eigenvalue weighted by Gasteiger charge is -2.14. The lowest BCUT2D eigenvalue weighted by atomic mass is 10.2. The largest absolute Gasteiger partial charge is 0.451 e. The van der Waals surface area contributed by atoms with Crippen molar-refractivity contribution in [3.05, 3.63) is 62.4 Å². The van der Waals surface area contributed by atoms with Crippen LogP contribution < -0.4 is 10.6 Å². The van der Waals surface area contributed by atoms with E-state index in [0.717, 1.165) is 10.1 Å². The van der Waals surface area contributed by atoms with Crippen LogP contribution in [0.15, 0.2) is 42.5 Å². The maximum atomic E-state index is 12.4. The molecule has 1 heterocycles. The lowest BCUT2D eigenvalue weighted by molar-refractivity contribution is -0.152. The number of esters is 1. The predicted molar refractivity (Wildman–Crippen MR) is 120 cm³/mol. The third-order valence-corrected chi connectivity index (χ3v) is 6.24. The van der Waals surface area contributed by atoms with E-state index in [-0.39, 0.29) is 0 Å². The fourth-order valence-electron chi connectivity index (χ4n) is 2.51. The average Bonchev–Trinajstić information content (AvgIpc) is 3.06. The van der Waals surface area contributed by atoms with Crippen LogP contribution in [0.3, 0.4) is 0 Å². The van der Waals surface area contributed by atoms with E-state index in [2.05, 4.69) is 10.6 Å². The number of benzene rings is 2. The van der Waals surface area contributed by atoms with Crippen molar-refractivity contribution in [1.82, 2.24) is 5.32 Å². The molecule has 2 N–H and O–H groups in total. The summed E-state index contributed by atoms with van der Waals surface area (Å²) in [6.45, 7) is 0.981. The van der Waals surface area contributed by atoms with Crippen LogP contribution in [0.2, 0.25) is 15.1 Å². The van der Waals surface area contributed by atoms with Crippen LogP contribution in [0.25, 0.3) is 10.1 Å². The molecule has 2 amide bonds. The monoisotopic (exact) mass is 484 g/mol. The van der Waals surface area contributed by atoms with E-state index < -0.39 is 30.4 Å². The first kappa shape index (κ1) is 22.4. The number of amides is 2. The number of hydrogen-bond acceptors (Lipinski definition) is 5. The smallest absolute Gasteiger partial charge is 0.326 e. The fraction of sp³-hybridized carbons (Fsp3) is 0.150. The summed E-state index contributed by atoms with van der Waals surface area (Å²) in [5, 5.41) is 6.76. The van der Waals surface area contributed by atoms with Gasteiger partial charge in [0.05, 0.1) is 15.7 Å². The Bertz CT molecular complexity index is 1130. The Kier molecular flexibility index (Phi) is 7.20. The average molecular weight is 486 g/mol. The molecule has 0 aliphatic carbocycles.